The van der Waals surface area contributed by atoms with Gasteiger partial charge in [0.05, 0.1) is 13.1 Å². The highest BCUT2D eigenvalue weighted by atomic mass is 16.5. The van der Waals surface area contributed by atoms with Gasteiger partial charge in [-0.3, -0.25) is 9.59 Å². The van der Waals surface area contributed by atoms with Crippen LogP contribution in [0.15, 0.2) is 18.3 Å². The van der Waals surface area contributed by atoms with Crippen molar-refractivity contribution in [2.75, 3.05) is 13.1 Å². The van der Waals surface area contributed by atoms with Crippen LogP contribution in [0, 0.1) is 11.3 Å². The minimum atomic E-state index is -0.400. The third-order valence-corrected chi connectivity index (χ3v) is 3.62. The Morgan fingerprint density at radius 3 is 3.00 bits per heavy atom. The molecule has 2 aliphatic heterocycles. The number of hydrogen-bond acceptors (Lipinski definition) is 5. The third-order valence-electron chi connectivity index (χ3n) is 3.62. The first-order chi connectivity index (χ1) is 10.2. The molecule has 2 saturated heterocycles. The second-order valence-corrected chi connectivity index (χ2v) is 5.11. The number of carbonyl (C=O) groups excluding carboxylic acids is 2. The summed E-state index contributed by atoms with van der Waals surface area (Å²) in [6, 6.07) is 4.93. The molecule has 1 aromatic heterocycles. The van der Waals surface area contributed by atoms with E-state index in [9.17, 15) is 9.59 Å². The molecule has 3 rings (SSSR count). The molecule has 1 N–H and O–H groups in total. The number of likely N-dealkylation sites (tertiary alicyclic amines) is 1. The number of hydrogen-bond donors (Lipinski definition) is 1. The first kappa shape index (κ1) is 13.4. The Morgan fingerprint density at radius 1 is 1.52 bits per heavy atom. The maximum absolute atomic E-state index is 12.1. The van der Waals surface area contributed by atoms with Gasteiger partial charge in [0.25, 0.3) is 0 Å². The standard InChI is InChI=1S/C14H14N4O3/c15-6-9-2-1-5-16-13(9)21-10-7-18(8-10)14(20)11-3-4-12(19)17-11/h1-2,5,10-11H,3-4,7-8H2,(H,17,19). The molecule has 1 unspecified atom stereocenters. The Morgan fingerprint density at radius 2 is 2.33 bits per heavy atom. The van der Waals surface area contributed by atoms with Gasteiger partial charge >= 0.3 is 0 Å². The van der Waals surface area contributed by atoms with Gasteiger partial charge in [-0.1, -0.05) is 0 Å². The van der Waals surface area contributed by atoms with E-state index in [1.165, 1.54) is 0 Å². The van der Waals surface area contributed by atoms with Crippen molar-refractivity contribution in [3.8, 4) is 11.9 Å². The summed E-state index contributed by atoms with van der Waals surface area (Å²) in [7, 11) is 0. The van der Waals surface area contributed by atoms with Gasteiger partial charge in [0.2, 0.25) is 17.7 Å². The number of aromatic nitrogens is 1. The number of amides is 2. The number of nitrogens with zero attached hydrogens (tertiary/aromatic N) is 3. The van der Waals surface area contributed by atoms with Crippen LogP contribution in [0.5, 0.6) is 5.88 Å². The maximum Gasteiger partial charge on any atom is 0.245 e. The van der Waals surface area contributed by atoms with E-state index in [0.29, 0.717) is 37.4 Å². The van der Waals surface area contributed by atoms with Crippen LogP contribution in [0.25, 0.3) is 0 Å². The Bertz CT molecular complexity index is 619. The highest BCUT2D eigenvalue weighted by Gasteiger charge is 2.38. The lowest BCUT2D eigenvalue weighted by atomic mass is 10.1. The molecule has 0 radical (unpaired) electrons. The average Bonchev–Trinajstić information content (AvgIpc) is 2.89. The van der Waals surface area contributed by atoms with Gasteiger partial charge in [0, 0.05) is 12.6 Å². The van der Waals surface area contributed by atoms with E-state index in [1.54, 1.807) is 23.2 Å². The molecule has 0 aromatic carbocycles. The smallest absolute Gasteiger partial charge is 0.245 e. The summed E-state index contributed by atoms with van der Waals surface area (Å²) in [6.07, 6.45) is 2.36. The third kappa shape index (κ3) is 2.65. The predicted octanol–water partition coefficient (Wildman–Crippen LogP) is -0.179. The van der Waals surface area contributed by atoms with Crippen LogP contribution in [0.4, 0.5) is 0 Å². The molecule has 1 atom stereocenters. The molecule has 21 heavy (non-hydrogen) atoms. The molecule has 2 amide bonds. The van der Waals surface area contributed by atoms with E-state index in [4.69, 9.17) is 10.00 Å². The fraction of sp³-hybridized carbons (Fsp3) is 0.429. The van der Waals surface area contributed by atoms with Gasteiger partial charge in [-0.05, 0) is 18.6 Å². The molecule has 0 saturated carbocycles. The summed E-state index contributed by atoms with van der Waals surface area (Å²) in [4.78, 5) is 28.9. The largest absolute Gasteiger partial charge is 0.470 e. The Labute approximate surface area is 121 Å². The molecule has 7 nitrogen and oxygen atoms in total. The zero-order chi connectivity index (χ0) is 14.8. The van der Waals surface area contributed by atoms with E-state index >= 15 is 0 Å². The van der Waals surface area contributed by atoms with E-state index < -0.39 is 6.04 Å². The molecule has 3 heterocycles. The summed E-state index contributed by atoms with van der Waals surface area (Å²) in [5.41, 5.74) is 0.380. The van der Waals surface area contributed by atoms with Gasteiger partial charge in [-0.2, -0.15) is 5.26 Å². The fourth-order valence-corrected chi connectivity index (χ4v) is 2.44. The SMILES string of the molecule is N#Cc1cccnc1OC1CN(C(=O)C2CCC(=O)N2)C1. The zero-order valence-electron chi connectivity index (χ0n) is 11.3. The average molecular weight is 286 g/mol. The number of rotatable bonds is 3. The fourth-order valence-electron chi connectivity index (χ4n) is 2.44. The quantitative estimate of drug-likeness (QED) is 0.831. The highest BCUT2D eigenvalue weighted by Crippen LogP contribution is 2.21. The molecule has 2 aliphatic rings. The van der Waals surface area contributed by atoms with Gasteiger partial charge in [-0.25, -0.2) is 4.98 Å². The Kier molecular flexibility index (Phi) is 3.44. The molecular weight excluding hydrogens is 272 g/mol. The zero-order valence-corrected chi connectivity index (χ0v) is 11.3. The second kappa shape index (κ2) is 5.40. The van der Waals surface area contributed by atoms with Crippen LogP contribution in [-0.2, 0) is 9.59 Å². The molecule has 7 heteroatoms. The van der Waals surface area contributed by atoms with Crippen molar-refractivity contribution < 1.29 is 14.3 Å². The van der Waals surface area contributed by atoms with Gasteiger partial charge in [0.1, 0.15) is 23.8 Å². The lowest BCUT2D eigenvalue weighted by Gasteiger charge is -2.39. The summed E-state index contributed by atoms with van der Waals surface area (Å²) in [5.74, 6) is 0.155. The molecule has 0 bridgehead atoms. The van der Waals surface area contributed by atoms with Crippen molar-refractivity contribution >= 4 is 11.8 Å². The van der Waals surface area contributed by atoms with E-state index in [0.717, 1.165) is 0 Å². The van der Waals surface area contributed by atoms with Crippen molar-refractivity contribution in [3.05, 3.63) is 23.9 Å². The molecule has 2 fully saturated rings. The van der Waals surface area contributed by atoms with Crippen LogP contribution >= 0.6 is 0 Å². The second-order valence-electron chi connectivity index (χ2n) is 5.11. The lowest BCUT2D eigenvalue weighted by Crippen LogP contribution is -2.60. The first-order valence-corrected chi connectivity index (χ1v) is 6.77. The molecule has 108 valence electrons. The lowest BCUT2D eigenvalue weighted by molar-refractivity contribution is -0.142. The van der Waals surface area contributed by atoms with Crippen molar-refractivity contribution in [1.82, 2.24) is 15.2 Å². The van der Waals surface area contributed by atoms with Crippen LogP contribution in [-0.4, -0.2) is 46.9 Å². The van der Waals surface area contributed by atoms with E-state index in [-0.39, 0.29) is 17.9 Å². The Balaban J connectivity index is 1.53. The van der Waals surface area contributed by atoms with Gasteiger partial charge < -0.3 is 15.0 Å². The summed E-state index contributed by atoms with van der Waals surface area (Å²) >= 11 is 0. The highest BCUT2D eigenvalue weighted by molar-refractivity contribution is 5.91. The molecular formula is C14H14N4O3. The van der Waals surface area contributed by atoms with Gasteiger partial charge in [-0.15, -0.1) is 0 Å². The number of nitrogens with one attached hydrogen (secondary N) is 1. The maximum atomic E-state index is 12.1. The monoisotopic (exact) mass is 286 g/mol. The number of ether oxygens (including phenoxy) is 1. The summed E-state index contributed by atoms with van der Waals surface area (Å²) in [6.45, 7) is 0.902. The van der Waals surface area contributed by atoms with Crippen LogP contribution in [0.1, 0.15) is 18.4 Å². The van der Waals surface area contributed by atoms with Crippen molar-refractivity contribution in [1.29, 1.82) is 5.26 Å². The van der Waals surface area contributed by atoms with Crippen molar-refractivity contribution in [2.24, 2.45) is 0 Å². The van der Waals surface area contributed by atoms with Crippen molar-refractivity contribution in [3.63, 3.8) is 0 Å². The predicted molar refractivity (Wildman–Crippen MR) is 71.1 cm³/mol. The molecule has 1 aromatic rings. The van der Waals surface area contributed by atoms with Gasteiger partial charge in [0.15, 0.2) is 0 Å². The number of pyridine rings is 1. The van der Waals surface area contributed by atoms with Crippen molar-refractivity contribution in [2.45, 2.75) is 25.0 Å². The summed E-state index contributed by atoms with van der Waals surface area (Å²) in [5, 5.41) is 11.6. The minimum Gasteiger partial charge on any atom is -0.470 e. The van der Waals surface area contributed by atoms with Crippen LogP contribution in [0.3, 0.4) is 0 Å². The minimum absolute atomic E-state index is 0.0674. The Hall–Kier alpha value is -2.62. The molecule has 0 spiro atoms. The number of carbonyl (C=O) groups is 2. The van der Waals surface area contributed by atoms with Crippen LogP contribution < -0.4 is 10.1 Å². The van der Waals surface area contributed by atoms with E-state index in [1.807, 2.05) is 6.07 Å². The van der Waals surface area contributed by atoms with E-state index in [2.05, 4.69) is 10.3 Å². The van der Waals surface area contributed by atoms with Crippen LogP contribution in [0.2, 0.25) is 0 Å². The molecule has 0 aliphatic carbocycles. The topological polar surface area (TPSA) is 95.3 Å². The normalized spacial score (nSPS) is 21.4. The first-order valence-electron chi connectivity index (χ1n) is 6.77. The summed E-state index contributed by atoms with van der Waals surface area (Å²) < 4.78 is 5.62. The number of nitriles is 1.